The first-order valence-electron chi connectivity index (χ1n) is 10.5. The van der Waals surface area contributed by atoms with Gasteiger partial charge in [0.05, 0.1) is 41.4 Å². The monoisotopic (exact) mass is 475 g/mol. The topological polar surface area (TPSA) is 90.4 Å². The number of aromatic nitrogens is 2. The Labute approximate surface area is 192 Å². The quantitative estimate of drug-likeness (QED) is 0.459. The third kappa shape index (κ3) is 5.03. The molecule has 0 unspecified atom stereocenters. The summed E-state index contributed by atoms with van der Waals surface area (Å²) in [5.74, 6) is -2.71. The lowest BCUT2D eigenvalue weighted by atomic mass is 10.0. The molecule has 7 nitrogen and oxygen atoms in total. The summed E-state index contributed by atoms with van der Waals surface area (Å²) in [4.78, 5) is 21.0. The standard InChI is InChI=1S/C23H21F4N5O2/c24-14-7-9-32(12-19(14)31-23(33)34)20-6-8-28-11-18(20)29-10-13-4-5-17(27)22(30-13)21-15(25)2-1-3-16(21)26/h1-6,8,11,14,19,29,31H,7,9-10,12H2,(H,33,34)/t14-,19-/m1/s1. The first-order valence-corrected chi connectivity index (χ1v) is 10.5. The molecule has 0 aliphatic carbocycles. The average molecular weight is 475 g/mol. The van der Waals surface area contributed by atoms with Crippen LogP contribution in [0.3, 0.4) is 0 Å². The van der Waals surface area contributed by atoms with E-state index < -0.39 is 47.0 Å². The van der Waals surface area contributed by atoms with Crippen LogP contribution in [0.25, 0.3) is 11.3 Å². The summed E-state index contributed by atoms with van der Waals surface area (Å²) in [6.45, 7) is 0.569. The number of nitrogens with one attached hydrogen (secondary N) is 2. The highest BCUT2D eigenvalue weighted by Gasteiger charge is 2.31. The molecule has 4 rings (SSSR count). The van der Waals surface area contributed by atoms with Gasteiger partial charge in [-0.2, -0.15) is 0 Å². The van der Waals surface area contributed by atoms with Crippen molar-refractivity contribution in [1.82, 2.24) is 15.3 Å². The fourth-order valence-corrected chi connectivity index (χ4v) is 3.90. The van der Waals surface area contributed by atoms with Crippen LogP contribution in [-0.2, 0) is 6.54 Å². The minimum absolute atomic E-state index is 0.0818. The molecular weight excluding hydrogens is 454 g/mol. The Morgan fingerprint density at radius 1 is 1.12 bits per heavy atom. The van der Waals surface area contributed by atoms with Crippen LogP contribution >= 0.6 is 0 Å². The number of hydrogen-bond donors (Lipinski definition) is 3. The molecule has 1 aliphatic rings. The van der Waals surface area contributed by atoms with Crippen LogP contribution in [0, 0.1) is 17.5 Å². The maximum atomic E-state index is 14.3. The largest absolute Gasteiger partial charge is 0.465 e. The van der Waals surface area contributed by atoms with Gasteiger partial charge in [0.15, 0.2) is 0 Å². The van der Waals surface area contributed by atoms with Crippen molar-refractivity contribution >= 4 is 17.5 Å². The Balaban J connectivity index is 1.54. The van der Waals surface area contributed by atoms with E-state index in [0.29, 0.717) is 23.6 Å². The molecule has 0 bridgehead atoms. The van der Waals surface area contributed by atoms with Crippen molar-refractivity contribution in [2.45, 2.75) is 25.2 Å². The predicted molar refractivity (Wildman–Crippen MR) is 118 cm³/mol. The van der Waals surface area contributed by atoms with Crippen molar-refractivity contribution in [3.63, 3.8) is 0 Å². The van der Waals surface area contributed by atoms with Crippen molar-refractivity contribution in [3.8, 4) is 11.3 Å². The first kappa shape index (κ1) is 23.3. The molecule has 1 aliphatic heterocycles. The average Bonchev–Trinajstić information content (AvgIpc) is 2.80. The number of rotatable bonds is 6. The van der Waals surface area contributed by atoms with Crippen LogP contribution in [0.2, 0.25) is 0 Å². The van der Waals surface area contributed by atoms with Gasteiger partial charge in [-0.05, 0) is 36.8 Å². The molecule has 178 valence electrons. The van der Waals surface area contributed by atoms with E-state index in [1.807, 2.05) is 4.90 Å². The van der Waals surface area contributed by atoms with Crippen LogP contribution in [0.5, 0.6) is 0 Å². The van der Waals surface area contributed by atoms with E-state index in [1.165, 1.54) is 18.3 Å². The number of hydrogen-bond acceptors (Lipinski definition) is 5. The lowest BCUT2D eigenvalue weighted by Crippen LogP contribution is -2.53. The molecule has 0 spiro atoms. The van der Waals surface area contributed by atoms with Crippen molar-refractivity contribution < 1.29 is 27.5 Å². The zero-order valence-electron chi connectivity index (χ0n) is 17.8. The van der Waals surface area contributed by atoms with Crippen molar-refractivity contribution in [3.05, 3.63) is 71.9 Å². The Kier molecular flexibility index (Phi) is 6.80. The first-order chi connectivity index (χ1) is 16.3. The lowest BCUT2D eigenvalue weighted by Gasteiger charge is -2.37. The number of pyridine rings is 2. The number of amides is 1. The van der Waals surface area contributed by atoms with Crippen molar-refractivity contribution in [1.29, 1.82) is 0 Å². The Morgan fingerprint density at radius 3 is 2.62 bits per heavy atom. The number of carbonyl (C=O) groups is 1. The van der Waals surface area contributed by atoms with Crippen LogP contribution in [0.1, 0.15) is 12.1 Å². The molecule has 0 radical (unpaired) electrons. The normalized spacial score (nSPS) is 17.9. The number of carboxylic acid groups (broad SMARTS) is 1. The number of halogens is 4. The van der Waals surface area contributed by atoms with Gasteiger partial charge in [0.2, 0.25) is 0 Å². The Hall–Kier alpha value is -3.89. The molecule has 3 aromatic rings. The summed E-state index contributed by atoms with van der Waals surface area (Å²) >= 11 is 0. The molecule has 0 saturated carbocycles. The van der Waals surface area contributed by atoms with E-state index in [-0.39, 0.29) is 19.5 Å². The van der Waals surface area contributed by atoms with E-state index in [0.717, 1.165) is 18.2 Å². The summed E-state index contributed by atoms with van der Waals surface area (Å²) in [6, 6.07) is 6.54. The second-order valence-electron chi connectivity index (χ2n) is 7.78. The zero-order chi connectivity index (χ0) is 24.2. The molecule has 2 atom stereocenters. The maximum absolute atomic E-state index is 14.3. The summed E-state index contributed by atoms with van der Waals surface area (Å²) < 4.78 is 56.8. The molecule has 34 heavy (non-hydrogen) atoms. The SMILES string of the molecule is O=C(O)N[C@@H]1CN(c2ccncc2NCc2ccc(F)c(-c3c(F)cccc3F)n2)CC[C@H]1F. The molecule has 2 aromatic heterocycles. The number of anilines is 2. The van der Waals surface area contributed by atoms with Crippen LogP contribution < -0.4 is 15.5 Å². The Bertz CT molecular complexity index is 1180. The molecule has 1 amide bonds. The van der Waals surface area contributed by atoms with Crippen LogP contribution in [0.15, 0.2) is 48.8 Å². The molecule has 11 heteroatoms. The minimum atomic E-state index is -1.30. The summed E-state index contributed by atoms with van der Waals surface area (Å²) in [5, 5.41) is 14.3. The van der Waals surface area contributed by atoms with Gasteiger partial charge >= 0.3 is 6.09 Å². The number of piperidine rings is 1. The van der Waals surface area contributed by atoms with E-state index in [1.54, 1.807) is 12.3 Å². The van der Waals surface area contributed by atoms with Crippen molar-refractivity contribution in [2.24, 2.45) is 0 Å². The summed E-state index contributed by atoms with van der Waals surface area (Å²) in [5.41, 5.74) is 0.561. The van der Waals surface area contributed by atoms with Crippen LogP contribution in [-0.4, -0.2) is 46.5 Å². The second-order valence-corrected chi connectivity index (χ2v) is 7.78. The highest BCUT2D eigenvalue weighted by molar-refractivity contribution is 5.70. The zero-order valence-corrected chi connectivity index (χ0v) is 17.8. The van der Waals surface area contributed by atoms with Crippen LogP contribution in [0.4, 0.5) is 33.7 Å². The molecule has 3 N–H and O–H groups in total. The summed E-state index contributed by atoms with van der Waals surface area (Å²) in [7, 11) is 0. The highest BCUT2D eigenvalue weighted by atomic mass is 19.1. The van der Waals surface area contributed by atoms with Gasteiger partial charge < -0.3 is 20.6 Å². The number of alkyl halides is 1. The van der Waals surface area contributed by atoms with Gasteiger partial charge in [0.1, 0.15) is 29.3 Å². The van der Waals surface area contributed by atoms with Gasteiger partial charge in [0, 0.05) is 19.3 Å². The number of benzene rings is 1. The van der Waals surface area contributed by atoms with Gasteiger partial charge in [-0.25, -0.2) is 27.3 Å². The highest BCUT2D eigenvalue weighted by Crippen LogP contribution is 2.30. The number of nitrogens with zero attached hydrogens (tertiary/aromatic N) is 3. The minimum Gasteiger partial charge on any atom is -0.465 e. The van der Waals surface area contributed by atoms with E-state index in [4.69, 9.17) is 5.11 Å². The van der Waals surface area contributed by atoms with E-state index in [2.05, 4.69) is 20.6 Å². The molecule has 3 heterocycles. The maximum Gasteiger partial charge on any atom is 0.405 e. The third-order valence-corrected chi connectivity index (χ3v) is 5.54. The molecule has 1 aromatic carbocycles. The van der Waals surface area contributed by atoms with Gasteiger partial charge in [-0.1, -0.05) is 6.07 Å². The van der Waals surface area contributed by atoms with Gasteiger partial charge in [-0.3, -0.25) is 4.98 Å². The van der Waals surface area contributed by atoms with E-state index in [9.17, 15) is 22.4 Å². The smallest absolute Gasteiger partial charge is 0.405 e. The lowest BCUT2D eigenvalue weighted by molar-refractivity contribution is 0.167. The van der Waals surface area contributed by atoms with Gasteiger partial charge in [0.25, 0.3) is 0 Å². The third-order valence-electron chi connectivity index (χ3n) is 5.54. The molecular formula is C23H21F4N5O2. The van der Waals surface area contributed by atoms with E-state index >= 15 is 0 Å². The summed E-state index contributed by atoms with van der Waals surface area (Å²) in [6.07, 6.45) is 0.635. The fraction of sp³-hybridized carbons (Fsp3) is 0.261. The Morgan fingerprint density at radius 2 is 1.88 bits per heavy atom. The second kappa shape index (κ2) is 9.94. The van der Waals surface area contributed by atoms with Gasteiger partial charge in [-0.15, -0.1) is 0 Å². The molecule has 1 saturated heterocycles. The van der Waals surface area contributed by atoms with Crippen molar-refractivity contribution in [2.75, 3.05) is 23.3 Å². The predicted octanol–water partition coefficient (Wildman–Crippen LogP) is 4.36. The molecule has 1 fully saturated rings. The fourth-order valence-electron chi connectivity index (χ4n) is 3.90.